The smallest absolute Gasteiger partial charge is 0.404 e. The molecular weight excluding hydrogens is 245 g/mol. The second-order valence-electron chi connectivity index (χ2n) is 3.57. The summed E-state index contributed by atoms with van der Waals surface area (Å²) >= 11 is 0. The number of alkyl halides is 3. The molecule has 0 aliphatic heterocycles. The van der Waals surface area contributed by atoms with Crippen molar-refractivity contribution in [2.75, 3.05) is 6.61 Å². The van der Waals surface area contributed by atoms with E-state index in [9.17, 15) is 13.2 Å². The Bertz CT molecular complexity index is 453. The maximum Gasteiger partial charge on any atom is 0.416 e. The van der Waals surface area contributed by atoms with Gasteiger partial charge in [0.25, 0.3) is 0 Å². The summed E-state index contributed by atoms with van der Waals surface area (Å²) in [5.41, 5.74) is 5.32. The Morgan fingerprint density at radius 2 is 2.11 bits per heavy atom. The molecule has 3 N–H and O–H groups in total. The highest BCUT2D eigenvalue weighted by atomic mass is 19.4. The van der Waals surface area contributed by atoms with Gasteiger partial charge in [0, 0.05) is 18.0 Å². The number of nitrogens with zero attached hydrogens (tertiary/aromatic N) is 1. The number of aliphatic imine (C=N–C) groups is 1. The van der Waals surface area contributed by atoms with E-state index < -0.39 is 11.7 Å². The summed E-state index contributed by atoms with van der Waals surface area (Å²) in [6.45, 7) is -0.163. The van der Waals surface area contributed by atoms with Crippen molar-refractivity contribution >= 4 is 6.21 Å². The predicted octanol–water partition coefficient (Wildman–Crippen LogP) is 2.11. The third-order valence-corrected chi connectivity index (χ3v) is 2.18. The number of hydrogen-bond donors (Lipinski definition) is 2. The first-order valence-corrected chi connectivity index (χ1v) is 5.15. The molecule has 0 unspecified atom stereocenters. The lowest BCUT2D eigenvalue weighted by Gasteiger charge is -2.07. The van der Waals surface area contributed by atoms with Crippen molar-refractivity contribution in [3.05, 3.63) is 47.2 Å². The fourth-order valence-electron chi connectivity index (χ4n) is 1.25. The molecule has 0 saturated carbocycles. The average Bonchev–Trinajstić information content (AvgIpc) is 2.34. The zero-order chi connectivity index (χ0) is 13.6. The average molecular weight is 258 g/mol. The number of nitrogens with two attached hydrogens (primary N) is 1. The van der Waals surface area contributed by atoms with Gasteiger partial charge in [-0.05, 0) is 17.7 Å². The van der Waals surface area contributed by atoms with Gasteiger partial charge in [-0.15, -0.1) is 0 Å². The second kappa shape index (κ2) is 6.20. The summed E-state index contributed by atoms with van der Waals surface area (Å²) in [5, 5.41) is 8.79. The number of benzene rings is 1. The quantitative estimate of drug-likeness (QED) is 0.813. The molecule has 1 rings (SSSR count). The zero-order valence-corrected chi connectivity index (χ0v) is 9.48. The Kier molecular flexibility index (Phi) is 4.91. The summed E-state index contributed by atoms with van der Waals surface area (Å²) in [4.78, 5) is 3.91. The number of rotatable bonds is 4. The van der Waals surface area contributed by atoms with E-state index in [2.05, 4.69) is 4.99 Å². The lowest BCUT2D eigenvalue weighted by atomic mass is 10.1. The Hall–Kier alpha value is -1.82. The van der Waals surface area contributed by atoms with E-state index in [4.69, 9.17) is 10.8 Å². The molecule has 18 heavy (non-hydrogen) atoms. The fourth-order valence-corrected chi connectivity index (χ4v) is 1.25. The first kappa shape index (κ1) is 14.2. The molecule has 1 aromatic carbocycles. The van der Waals surface area contributed by atoms with E-state index in [1.165, 1.54) is 18.5 Å². The first-order chi connectivity index (χ1) is 8.47. The highest BCUT2D eigenvalue weighted by molar-refractivity contribution is 5.78. The molecule has 0 amide bonds. The molecule has 0 fully saturated rings. The molecule has 0 aromatic heterocycles. The molecule has 0 heterocycles. The number of aliphatic hydroxyl groups excluding tert-OH is 1. The van der Waals surface area contributed by atoms with Crippen LogP contribution in [0.2, 0.25) is 0 Å². The summed E-state index contributed by atoms with van der Waals surface area (Å²) < 4.78 is 37.3. The third-order valence-electron chi connectivity index (χ3n) is 2.18. The summed E-state index contributed by atoms with van der Waals surface area (Å²) in [5.74, 6) is 0. The van der Waals surface area contributed by atoms with Crippen LogP contribution < -0.4 is 5.73 Å². The van der Waals surface area contributed by atoms with Gasteiger partial charge in [0.05, 0.1) is 18.7 Å². The van der Waals surface area contributed by atoms with E-state index >= 15 is 0 Å². The van der Waals surface area contributed by atoms with Crippen molar-refractivity contribution in [1.82, 2.24) is 0 Å². The molecule has 98 valence electrons. The summed E-state index contributed by atoms with van der Waals surface area (Å²) in [6.07, 6.45) is -1.83. The van der Waals surface area contributed by atoms with Gasteiger partial charge in [0.2, 0.25) is 0 Å². The van der Waals surface area contributed by atoms with Crippen LogP contribution in [0.1, 0.15) is 11.1 Å². The van der Waals surface area contributed by atoms with E-state index in [1.807, 2.05) is 0 Å². The van der Waals surface area contributed by atoms with Crippen LogP contribution in [-0.4, -0.2) is 17.9 Å². The largest absolute Gasteiger partial charge is 0.416 e. The first-order valence-electron chi connectivity index (χ1n) is 5.15. The van der Waals surface area contributed by atoms with Crippen molar-refractivity contribution in [2.45, 2.75) is 12.7 Å². The highest BCUT2D eigenvalue weighted by Crippen LogP contribution is 2.29. The summed E-state index contributed by atoms with van der Waals surface area (Å²) in [7, 11) is 0. The minimum absolute atomic E-state index is 0.0985. The maximum atomic E-state index is 12.4. The van der Waals surface area contributed by atoms with Gasteiger partial charge in [0.1, 0.15) is 0 Å². The fraction of sp³-hybridized carbons (Fsp3) is 0.250. The normalized spacial score (nSPS) is 13.2. The Balaban J connectivity index is 2.75. The predicted molar refractivity (Wildman–Crippen MR) is 63.0 cm³/mol. The Morgan fingerprint density at radius 3 is 2.67 bits per heavy atom. The van der Waals surface area contributed by atoms with Crippen LogP contribution in [0.25, 0.3) is 0 Å². The maximum absolute atomic E-state index is 12.4. The van der Waals surface area contributed by atoms with Gasteiger partial charge in [0.15, 0.2) is 0 Å². The SMILES string of the molecule is N/C=C(\C=NCc1cccc(C(F)(F)F)c1)CO. The zero-order valence-electron chi connectivity index (χ0n) is 9.48. The van der Waals surface area contributed by atoms with Crippen LogP contribution in [0.5, 0.6) is 0 Å². The van der Waals surface area contributed by atoms with Crippen molar-refractivity contribution in [1.29, 1.82) is 0 Å². The van der Waals surface area contributed by atoms with Crippen LogP contribution in [0.4, 0.5) is 13.2 Å². The molecule has 0 aliphatic rings. The van der Waals surface area contributed by atoms with Crippen molar-refractivity contribution < 1.29 is 18.3 Å². The molecule has 0 aliphatic carbocycles. The van der Waals surface area contributed by atoms with Gasteiger partial charge in [-0.2, -0.15) is 13.2 Å². The van der Waals surface area contributed by atoms with E-state index in [0.29, 0.717) is 11.1 Å². The Morgan fingerprint density at radius 1 is 1.39 bits per heavy atom. The molecule has 0 radical (unpaired) electrons. The van der Waals surface area contributed by atoms with Gasteiger partial charge in [-0.3, -0.25) is 4.99 Å². The monoisotopic (exact) mass is 258 g/mol. The standard InChI is InChI=1S/C12H13F3N2O/c13-12(14,15)11-3-1-2-9(4-11)6-17-7-10(5-16)8-18/h1-5,7,18H,6,8,16H2/b10-5+,17-7?. The van der Waals surface area contributed by atoms with Crippen molar-refractivity contribution in [2.24, 2.45) is 10.7 Å². The molecule has 0 saturated heterocycles. The van der Waals surface area contributed by atoms with Gasteiger partial charge in [-0.1, -0.05) is 12.1 Å². The van der Waals surface area contributed by atoms with Crippen molar-refractivity contribution in [3.63, 3.8) is 0 Å². The lowest BCUT2D eigenvalue weighted by Crippen LogP contribution is -2.05. The number of halogens is 3. The third kappa shape index (κ3) is 4.21. The van der Waals surface area contributed by atoms with E-state index in [1.54, 1.807) is 6.07 Å². The van der Waals surface area contributed by atoms with Gasteiger partial charge >= 0.3 is 6.18 Å². The number of hydrogen-bond acceptors (Lipinski definition) is 3. The molecule has 3 nitrogen and oxygen atoms in total. The summed E-state index contributed by atoms with van der Waals surface area (Å²) in [6, 6.07) is 4.94. The van der Waals surface area contributed by atoms with Crippen LogP contribution >= 0.6 is 0 Å². The topological polar surface area (TPSA) is 58.6 Å². The second-order valence-corrected chi connectivity index (χ2v) is 3.57. The van der Waals surface area contributed by atoms with Crippen LogP contribution in [-0.2, 0) is 12.7 Å². The lowest BCUT2D eigenvalue weighted by molar-refractivity contribution is -0.137. The van der Waals surface area contributed by atoms with Crippen molar-refractivity contribution in [3.8, 4) is 0 Å². The molecule has 0 bridgehead atoms. The van der Waals surface area contributed by atoms with Gasteiger partial charge < -0.3 is 10.8 Å². The Labute approximate surface area is 102 Å². The van der Waals surface area contributed by atoms with E-state index in [0.717, 1.165) is 12.1 Å². The van der Waals surface area contributed by atoms with E-state index in [-0.39, 0.29) is 13.2 Å². The molecule has 1 aromatic rings. The van der Waals surface area contributed by atoms with Crippen LogP contribution in [0.15, 0.2) is 41.0 Å². The minimum Gasteiger partial charge on any atom is -0.404 e. The molecular formula is C12H13F3N2O. The van der Waals surface area contributed by atoms with Crippen LogP contribution in [0.3, 0.4) is 0 Å². The van der Waals surface area contributed by atoms with Gasteiger partial charge in [-0.25, -0.2) is 0 Å². The molecule has 0 atom stereocenters. The highest BCUT2D eigenvalue weighted by Gasteiger charge is 2.30. The number of aliphatic hydroxyl groups is 1. The van der Waals surface area contributed by atoms with Crippen LogP contribution in [0, 0.1) is 0 Å². The molecule has 6 heteroatoms. The molecule has 0 spiro atoms. The minimum atomic E-state index is -4.35.